The molecule has 0 saturated heterocycles. The van der Waals surface area contributed by atoms with E-state index >= 15 is 0 Å². The van der Waals surface area contributed by atoms with Crippen LogP contribution in [0.25, 0.3) is 16.1 Å². The molecule has 0 saturated carbocycles. The maximum absolute atomic E-state index is 12.9. The minimum atomic E-state index is -0.875. The Labute approximate surface area is 165 Å². The Kier molecular flexibility index (Phi) is 4.89. The standard InChI is InChI=1S/C20H19N3O4S/c1-26-17-6-5-13(10-18(17)27-2)16(24)12-22-7-8-23-15(20(22)25)11-14(21-23)19-4-3-9-28-19/h3-11,16,24H,12H2,1-2H3. The van der Waals surface area contributed by atoms with Crippen molar-refractivity contribution in [1.29, 1.82) is 0 Å². The van der Waals surface area contributed by atoms with Crippen LogP contribution in [0.15, 0.2) is 59.0 Å². The first-order valence-corrected chi connectivity index (χ1v) is 9.51. The molecular weight excluding hydrogens is 378 g/mol. The Morgan fingerprint density at radius 1 is 1.14 bits per heavy atom. The Morgan fingerprint density at radius 2 is 1.96 bits per heavy atom. The summed E-state index contributed by atoms with van der Waals surface area (Å²) in [7, 11) is 3.09. The fourth-order valence-corrected chi connectivity index (χ4v) is 3.75. The van der Waals surface area contributed by atoms with Crippen molar-refractivity contribution < 1.29 is 14.6 Å². The van der Waals surface area contributed by atoms with Crippen LogP contribution in [0, 0.1) is 0 Å². The van der Waals surface area contributed by atoms with E-state index in [9.17, 15) is 9.90 Å². The molecule has 0 bridgehead atoms. The van der Waals surface area contributed by atoms with Gasteiger partial charge in [-0.05, 0) is 35.2 Å². The number of nitrogens with zero attached hydrogens (tertiary/aromatic N) is 3. The molecule has 1 atom stereocenters. The van der Waals surface area contributed by atoms with Crippen molar-refractivity contribution in [3.63, 3.8) is 0 Å². The molecule has 1 unspecified atom stereocenters. The molecule has 0 amide bonds. The van der Waals surface area contributed by atoms with Crippen molar-refractivity contribution in [2.24, 2.45) is 0 Å². The van der Waals surface area contributed by atoms with Crippen LogP contribution in [0.3, 0.4) is 0 Å². The topological polar surface area (TPSA) is 78.0 Å². The quantitative estimate of drug-likeness (QED) is 0.541. The summed E-state index contributed by atoms with van der Waals surface area (Å²) in [5.74, 6) is 1.11. The maximum atomic E-state index is 12.9. The highest BCUT2D eigenvalue weighted by Crippen LogP contribution is 2.30. The van der Waals surface area contributed by atoms with Gasteiger partial charge in [-0.15, -0.1) is 11.3 Å². The first-order valence-electron chi connectivity index (χ1n) is 8.63. The first kappa shape index (κ1) is 18.3. The number of aromatic nitrogens is 3. The van der Waals surface area contributed by atoms with Gasteiger partial charge >= 0.3 is 0 Å². The van der Waals surface area contributed by atoms with Crippen LogP contribution in [0.1, 0.15) is 11.7 Å². The highest BCUT2D eigenvalue weighted by molar-refractivity contribution is 7.13. The van der Waals surface area contributed by atoms with Crippen molar-refractivity contribution >= 4 is 16.9 Å². The molecule has 1 N–H and O–H groups in total. The van der Waals surface area contributed by atoms with E-state index in [1.54, 1.807) is 59.6 Å². The third kappa shape index (κ3) is 3.28. The molecule has 0 aliphatic rings. The maximum Gasteiger partial charge on any atom is 0.276 e. The predicted octanol–water partition coefficient (Wildman–Crippen LogP) is 2.98. The van der Waals surface area contributed by atoms with Crippen LogP contribution in [0.4, 0.5) is 0 Å². The molecule has 4 rings (SSSR count). The summed E-state index contributed by atoms with van der Waals surface area (Å²) in [5.41, 5.74) is 1.64. The number of ether oxygens (including phenoxy) is 2. The van der Waals surface area contributed by atoms with Crippen molar-refractivity contribution in [2.45, 2.75) is 12.6 Å². The summed E-state index contributed by atoms with van der Waals surface area (Å²) in [6.45, 7) is 0.115. The van der Waals surface area contributed by atoms with Gasteiger partial charge in [0.05, 0.1) is 31.7 Å². The van der Waals surface area contributed by atoms with Crippen LogP contribution in [0.5, 0.6) is 11.5 Å². The Hall–Kier alpha value is -3.10. The molecule has 0 spiro atoms. The molecule has 1 aromatic carbocycles. The van der Waals surface area contributed by atoms with E-state index in [0.717, 1.165) is 10.6 Å². The predicted molar refractivity (Wildman–Crippen MR) is 107 cm³/mol. The van der Waals surface area contributed by atoms with E-state index in [1.807, 2.05) is 17.5 Å². The van der Waals surface area contributed by atoms with Gasteiger partial charge in [-0.3, -0.25) is 4.79 Å². The minimum Gasteiger partial charge on any atom is -0.493 e. The number of aliphatic hydroxyl groups excluding tert-OH is 1. The monoisotopic (exact) mass is 397 g/mol. The number of hydrogen-bond donors (Lipinski definition) is 1. The van der Waals surface area contributed by atoms with Gasteiger partial charge in [0.25, 0.3) is 5.56 Å². The van der Waals surface area contributed by atoms with Crippen molar-refractivity contribution in [1.82, 2.24) is 14.2 Å². The second-order valence-corrected chi connectivity index (χ2v) is 7.17. The minimum absolute atomic E-state index is 0.115. The molecular formula is C20H19N3O4S. The Bertz CT molecular complexity index is 1160. The van der Waals surface area contributed by atoms with Gasteiger partial charge in [0.2, 0.25) is 0 Å². The third-order valence-corrected chi connectivity index (χ3v) is 5.43. The molecule has 8 heteroatoms. The van der Waals surface area contributed by atoms with Crippen LogP contribution in [0.2, 0.25) is 0 Å². The number of fused-ring (bicyclic) bond motifs is 1. The average molecular weight is 397 g/mol. The second-order valence-electron chi connectivity index (χ2n) is 6.22. The number of thiophene rings is 1. The normalized spacial score (nSPS) is 12.2. The molecule has 7 nitrogen and oxygen atoms in total. The molecule has 28 heavy (non-hydrogen) atoms. The smallest absolute Gasteiger partial charge is 0.276 e. The largest absolute Gasteiger partial charge is 0.493 e. The van der Waals surface area contributed by atoms with Crippen molar-refractivity contribution in [2.75, 3.05) is 14.2 Å². The van der Waals surface area contributed by atoms with Crippen LogP contribution in [-0.2, 0) is 6.54 Å². The zero-order chi connectivity index (χ0) is 19.7. The van der Waals surface area contributed by atoms with Gasteiger partial charge in [-0.2, -0.15) is 5.10 Å². The zero-order valence-electron chi connectivity index (χ0n) is 15.4. The third-order valence-electron chi connectivity index (χ3n) is 4.54. The number of methoxy groups -OCH3 is 2. The summed E-state index contributed by atoms with van der Waals surface area (Å²) in [6, 6.07) is 10.9. The molecule has 0 aliphatic carbocycles. The van der Waals surface area contributed by atoms with Gasteiger partial charge in [0, 0.05) is 12.4 Å². The van der Waals surface area contributed by atoms with Crippen molar-refractivity contribution in [3.8, 4) is 22.1 Å². The number of benzene rings is 1. The highest BCUT2D eigenvalue weighted by atomic mass is 32.1. The molecule has 3 heterocycles. The van der Waals surface area contributed by atoms with E-state index in [0.29, 0.717) is 22.6 Å². The number of hydrogen-bond acceptors (Lipinski definition) is 6. The van der Waals surface area contributed by atoms with Crippen LogP contribution in [-0.4, -0.2) is 33.5 Å². The molecule has 0 fully saturated rings. The van der Waals surface area contributed by atoms with E-state index in [4.69, 9.17) is 9.47 Å². The Morgan fingerprint density at radius 3 is 2.68 bits per heavy atom. The molecule has 3 aromatic heterocycles. The summed E-state index contributed by atoms with van der Waals surface area (Å²) in [6.07, 6.45) is 2.47. The zero-order valence-corrected chi connectivity index (χ0v) is 16.2. The van der Waals surface area contributed by atoms with E-state index in [-0.39, 0.29) is 12.1 Å². The fraction of sp³-hybridized carbons (Fsp3) is 0.200. The second kappa shape index (κ2) is 7.49. The van der Waals surface area contributed by atoms with Gasteiger partial charge < -0.3 is 19.1 Å². The summed E-state index contributed by atoms with van der Waals surface area (Å²) >= 11 is 1.57. The first-order chi connectivity index (χ1) is 13.6. The summed E-state index contributed by atoms with van der Waals surface area (Å²) in [4.78, 5) is 13.9. The van der Waals surface area contributed by atoms with Crippen LogP contribution < -0.4 is 15.0 Å². The van der Waals surface area contributed by atoms with Gasteiger partial charge in [-0.25, -0.2) is 4.52 Å². The summed E-state index contributed by atoms with van der Waals surface area (Å²) < 4.78 is 13.5. The van der Waals surface area contributed by atoms with Crippen molar-refractivity contribution in [3.05, 3.63) is 70.1 Å². The highest BCUT2D eigenvalue weighted by Gasteiger charge is 2.15. The van der Waals surface area contributed by atoms with E-state index < -0.39 is 6.10 Å². The lowest BCUT2D eigenvalue weighted by Crippen LogP contribution is -2.24. The lowest BCUT2D eigenvalue weighted by atomic mass is 10.1. The lowest BCUT2D eigenvalue weighted by molar-refractivity contribution is 0.154. The SMILES string of the molecule is COc1ccc(C(O)Cn2ccn3nc(-c4cccs4)cc3c2=O)cc1OC. The molecule has 0 aliphatic heterocycles. The van der Waals surface area contributed by atoms with E-state index in [1.165, 1.54) is 11.7 Å². The average Bonchev–Trinajstić information content (AvgIpc) is 3.39. The fourth-order valence-electron chi connectivity index (χ4n) is 3.07. The molecule has 0 radical (unpaired) electrons. The molecule has 144 valence electrons. The Balaban J connectivity index is 1.64. The lowest BCUT2D eigenvalue weighted by Gasteiger charge is -2.15. The number of rotatable bonds is 6. The molecule has 4 aromatic rings. The van der Waals surface area contributed by atoms with Gasteiger partial charge in [-0.1, -0.05) is 12.1 Å². The number of aliphatic hydroxyl groups is 1. The van der Waals surface area contributed by atoms with E-state index in [2.05, 4.69) is 5.10 Å². The van der Waals surface area contributed by atoms with Crippen LogP contribution >= 0.6 is 11.3 Å². The summed E-state index contributed by atoms with van der Waals surface area (Å²) in [5, 5.41) is 17.1. The van der Waals surface area contributed by atoms with Gasteiger partial charge in [0.15, 0.2) is 11.5 Å². The van der Waals surface area contributed by atoms with Gasteiger partial charge in [0.1, 0.15) is 11.2 Å².